The molecule has 0 aromatic carbocycles. The van der Waals surface area contributed by atoms with Crippen molar-refractivity contribution in [3.05, 3.63) is 22.7 Å². The van der Waals surface area contributed by atoms with Gasteiger partial charge >= 0.3 is 6.18 Å². The van der Waals surface area contributed by atoms with E-state index in [1.165, 1.54) is 0 Å². The van der Waals surface area contributed by atoms with Crippen LogP contribution in [0.25, 0.3) is 0 Å². The highest BCUT2D eigenvalue weighted by atomic mass is 35.5. The molecule has 0 amide bonds. The molecule has 88 valence electrons. The Kier molecular flexibility index (Phi) is 3.06. The van der Waals surface area contributed by atoms with Gasteiger partial charge in [-0.25, -0.2) is 9.97 Å². The fourth-order valence-electron chi connectivity index (χ4n) is 1.44. The quantitative estimate of drug-likeness (QED) is 0.768. The summed E-state index contributed by atoms with van der Waals surface area (Å²) in [6.45, 7) is 0. The first kappa shape index (κ1) is 11.6. The molecule has 1 aromatic rings. The highest BCUT2D eigenvalue weighted by Gasteiger charge is 2.29. The van der Waals surface area contributed by atoms with Gasteiger partial charge < -0.3 is 0 Å². The van der Waals surface area contributed by atoms with Gasteiger partial charge in [-0.1, -0.05) is 11.6 Å². The number of rotatable bonds is 3. The first-order chi connectivity index (χ1) is 7.44. The zero-order valence-electron chi connectivity index (χ0n) is 8.39. The van der Waals surface area contributed by atoms with Gasteiger partial charge in [0.2, 0.25) is 0 Å². The summed E-state index contributed by atoms with van der Waals surface area (Å²) in [5, 5.41) is 0.231. The van der Waals surface area contributed by atoms with E-state index in [1.54, 1.807) is 6.07 Å². The van der Waals surface area contributed by atoms with Crippen LogP contribution in [0.1, 0.15) is 36.7 Å². The van der Waals surface area contributed by atoms with Crippen molar-refractivity contribution >= 4 is 11.6 Å². The zero-order valence-corrected chi connectivity index (χ0v) is 9.15. The van der Waals surface area contributed by atoms with E-state index in [0.717, 1.165) is 18.5 Å². The molecule has 6 heteroatoms. The molecule has 1 heterocycles. The van der Waals surface area contributed by atoms with Gasteiger partial charge in [-0.05, 0) is 18.9 Å². The minimum atomic E-state index is -4.18. The van der Waals surface area contributed by atoms with Crippen molar-refractivity contribution in [2.24, 2.45) is 0 Å². The van der Waals surface area contributed by atoms with Crippen molar-refractivity contribution in [3.63, 3.8) is 0 Å². The summed E-state index contributed by atoms with van der Waals surface area (Å²) in [5.41, 5.74) is 0.775. The van der Waals surface area contributed by atoms with Gasteiger partial charge in [0.15, 0.2) is 0 Å². The summed E-state index contributed by atoms with van der Waals surface area (Å²) >= 11 is 5.74. The molecule has 0 spiro atoms. The van der Waals surface area contributed by atoms with Crippen molar-refractivity contribution in [1.29, 1.82) is 0 Å². The van der Waals surface area contributed by atoms with Crippen LogP contribution in [-0.2, 0) is 6.42 Å². The lowest BCUT2D eigenvalue weighted by Crippen LogP contribution is -2.10. The van der Waals surface area contributed by atoms with Gasteiger partial charge in [0.05, 0.1) is 6.42 Å². The normalized spacial score (nSPS) is 16.5. The van der Waals surface area contributed by atoms with Gasteiger partial charge in [-0.15, -0.1) is 0 Å². The number of halogens is 4. The Morgan fingerprint density at radius 1 is 1.31 bits per heavy atom. The van der Waals surface area contributed by atoms with Crippen LogP contribution >= 0.6 is 11.6 Å². The van der Waals surface area contributed by atoms with Crippen molar-refractivity contribution in [2.75, 3.05) is 0 Å². The molecule has 1 aromatic heterocycles. The van der Waals surface area contributed by atoms with Gasteiger partial charge in [0.1, 0.15) is 11.0 Å². The molecular formula is C10H10ClF3N2. The molecule has 1 aliphatic carbocycles. The van der Waals surface area contributed by atoms with Gasteiger partial charge in [0.25, 0.3) is 0 Å². The molecule has 2 nitrogen and oxygen atoms in total. The lowest BCUT2D eigenvalue weighted by atomic mass is 10.2. The Hall–Kier alpha value is -0.840. The first-order valence-electron chi connectivity index (χ1n) is 5.04. The Labute approximate surface area is 95.9 Å². The molecular weight excluding hydrogens is 241 g/mol. The lowest BCUT2D eigenvalue weighted by molar-refractivity contribution is -0.134. The summed E-state index contributed by atoms with van der Waals surface area (Å²) in [6.07, 6.45) is -3.22. The molecule has 16 heavy (non-hydrogen) atoms. The van der Waals surface area contributed by atoms with E-state index in [4.69, 9.17) is 11.6 Å². The maximum atomic E-state index is 12.0. The second-order valence-corrected chi connectivity index (χ2v) is 4.31. The second kappa shape index (κ2) is 4.20. The number of nitrogens with zero attached hydrogens (tertiary/aromatic N) is 2. The standard InChI is InChI=1S/C10H10ClF3N2/c11-8-5-7(6-1-2-6)15-9(16-8)3-4-10(12,13)14/h5-6H,1-4H2. The maximum Gasteiger partial charge on any atom is 0.389 e. The van der Waals surface area contributed by atoms with E-state index in [0.29, 0.717) is 5.92 Å². The van der Waals surface area contributed by atoms with Gasteiger partial charge in [0, 0.05) is 18.0 Å². The predicted molar refractivity (Wildman–Crippen MR) is 53.4 cm³/mol. The Morgan fingerprint density at radius 2 is 2.00 bits per heavy atom. The molecule has 1 saturated carbocycles. The largest absolute Gasteiger partial charge is 0.389 e. The van der Waals surface area contributed by atoms with E-state index in [-0.39, 0.29) is 17.4 Å². The topological polar surface area (TPSA) is 25.8 Å². The van der Waals surface area contributed by atoms with Crippen LogP contribution in [0.2, 0.25) is 5.15 Å². The minimum Gasteiger partial charge on any atom is -0.238 e. The van der Waals surface area contributed by atoms with Crippen LogP contribution in [0, 0.1) is 0 Å². The highest BCUT2D eigenvalue weighted by Crippen LogP contribution is 2.39. The molecule has 0 bridgehead atoms. The Bertz CT molecular complexity index is 388. The smallest absolute Gasteiger partial charge is 0.238 e. The summed E-state index contributed by atoms with van der Waals surface area (Å²) in [4.78, 5) is 7.90. The van der Waals surface area contributed by atoms with Crippen LogP contribution < -0.4 is 0 Å². The number of hydrogen-bond acceptors (Lipinski definition) is 2. The van der Waals surface area contributed by atoms with Crippen molar-refractivity contribution in [3.8, 4) is 0 Å². The molecule has 0 saturated heterocycles. The SMILES string of the molecule is FC(F)(F)CCc1nc(Cl)cc(C2CC2)n1. The second-order valence-electron chi connectivity index (χ2n) is 3.92. The van der Waals surface area contributed by atoms with E-state index in [1.807, 2.05) is 0 Å². The first-order valence-corrected chi connectivity index (χ1v) is 5.42. The number of alkyl halides is 3. The van der Waals surface area contributed by atoms with E-state index in [9.17, 15) is 13.2 Å². The third-order valence-electron chi connectivity index (χ3n) is 2.39. The fourth-order valence-corrected chi connectivity index (χ4v) is 1.65. The molecule has 1 fully saturated rings. The Morgan fingerprint density at radius 3 is 2.56 bits per heavy atom. The molecule has 0 unspecified atom stereocenters. The number of hydrogen-bond donors (Lipinski definition) is 0. The van der Waals surface area contributed by atoms with Crippen LogP contribution in [0.4, 0.5) is 13.2 Å². The molecule has 0 aliphatic heterocycles. The molecule has 2 rings (SSSR count). The van der Waals surface area contributed by atoms with Crippen molar-refractivity contribution in [2.45, 2.75) is 37.8 Å². The Balaban J connectivity index is 2.08. The fraction of sp³-hybridized carbons (Fsp3) is 0.600. The summed E-state index contributed by atoms with van der Waals surface area (Å²) in [7, 11) is 0. The monoisotopic (exact) mass is 250 g/mol. The van der Waals surface area contributed by atoms with E-state index < -0.39 is 12.6 Å². The number of aryl methyl sites for hydroxylation is 1. The van der Waals surface area contributed by atoms with Crippen LogP contribution in [0.5, 0.6) is 0 Å². The molecule has 0 N–H and O–H groups in total. The summed E-state index contributed by atoms with van der Waals surface area (Å²) in [5.74, 6) is 0.553. The van der Waals surface area contributed by atoms with E-state index in [2.05, 4.69) is 9.97 Å². The van der Waals surface area contributed by atoms with Crippen LogP contribution in [-0.4, -0.2) is 16.1 Å². The average Bonchev–Trinajstić information content (AvgIpc) is 2.95. The third-order valence-corrected chi connectivity index (χ3v) is 2.58. The van der Waals surface area contributed by atoms with Crippen molar-refractivity contribution in [1.82, 2.24) is 9.97 Å². The predicted octanol–water partition coefficient (Wildman–Crippen LogP) is 3.50. The average molecular weight is 251 g/mol. The third kappa shape index (κ3) is 3.33. The van der Waals surface area contributed by atoms with E-state index >= 15 is 0 Å². The number of aromatic nitrogens is 2. The maximum absolute atomic E-state index is 12.0. The van der Waals surface area contributed by atoms with Gasteiger partial charge in [-0.2, -0.15) is 13.2 Å². The highest BCUT2D eigenvalue weighted by molar-refractivity contribution is 6.29. The zero-order chi connectivity index (χ0) is 11.8. The minimum absolute atomic E-state index is 0.187. The molecule has 0 radical (unpaired) electrons. The molecule has 1 aliphatic rings. The summed E-state index contributed by atoms with van der Waals surface area (Å²) < 4.78 is 36.1. The van der Waals surface area contributed by atoms with Crippen LogP contribution in [0.3, 0.4) is 0 Å². The van der Waals surface area contributed by atoms with Crippen LogP contribution in [0.15, 0.2) is 6.07 Å². The lowest BCUT2D eigenvalue weighted by Gasteiger charge is -2.06. The summed E-state index contributed by atoms with van der Waals surface area (Å²) in [6, 6.07) is 1.64. The molecule has 0 atom stereocenters. The van der Waals surface area contributed by atoms with Crippen molar-refractivity contribution < 1.29 is 13.2 Å². The van der Waals surface area contributed by atoms with Gasteiger partial charge in [-0.3, -0.25) is 0 Å².